The summed E-state index contributed by atoms with van der Waals surface area (Å²) in [5, 5.41) is 75.8. The lowest BCUT2D eigenvalue weighted by Crippen LogP contribution is -2.61. The predicted octanol–water partition coefficient (Wildman–Crippen LogP) is 2.45. The van der Waals surface area contributed by atoms with Crippen molar-refractivity contribution < 1.29 is 82.8 Å². The number of carbonyl (C=O) groups is 13. The number of hydrogen-bond donors (Lipinski definition) is 18. The maximum Gasteiger partial charge on any atom is 0.300 e. The molecule has 0 radical (unpaired) electrons. The van der Waals surface area contributed by atoms with Crippen molar-refractivity contribution in [3.05, 3.63) is 143 Å². The molecule has 36 heteroatoms. The van der Waals surface area contributed by atoms with Crippen molar-refractivity contribution in [1.29, 1.82) is 0 Å². The van der Waals surface area contributed by atoms with Crippen LogP contribution < -0.4 is 74.9 Å². The summed E-state index contributed by atoms with van der Waals surface area (Å²) in [5.41, 5.74) is 7.61. The van der Waals surface area contributed by atoms with Crippen molar-refractivity contribution in [3.63, 3.8) is 0 Å². The Hall–Kier alpha value is -12.0. The molecule has 6 rings (SSSR count). The Labute approximate surface area is 705 Å². The fourth-order valence-corrected chi connectivity index (χ4v) is 12.8. The summed E-state index contributed by atoms with van der Waals surface area (Å²) in [6.07, 6.45) is 4.77. The Balaban J connectivity index is 0.00000361. The third-order valence-electron chi connectivity index (χ3n) is 18.5. The Morgan fingerprint density at radius 2 is 0.917 bits per heavy atom. The van der Waals surface area contributed by atoms with Gasteiger partial charge in [-0.25, -0.2) is 0 Å². The summed E-state index contributed by atoms with van der Waals surface area (Å²) in [6, 6.07) is 15.3. The first-order valence-corrected chi connectivity index (χ1v) is 40.8. The van der Waals surface area contributed by atoms with E-state index in [-0.39, 0.29) is 76.0 Å². The number of carbonyl (C=O) groups excluding carboxylic acids is 11. The highest BCUT2D eigenvalue weighted by Gasteiger charge is 2.40. The van der Waals surface area contributed by atoms with E-state index >= 15 is 9.59 Å². The molecule has 0 saturated carbocycles. The first kappa shape index (κ1) is 100. The largest absolute Gasteiger partial charge is 0.508 e. The van der Waals surface area contributed by atoms with Gasteiger partial charge >= 0.3 is 0 Å². The van der Waals surface area contributed by atoms with E-state index in [1.54, 1.807) is 36.4 Å². The smallest absolute Gasteiger partial charge is 0.300 e. The highest BCUT2D eigenvalue weighted by Crippen LogP contribution is 2.23. The fourth-order valence-electron chi connectivity index (χ4n) is 12.7. The molecular weight excluding hydrogens is 1570 g/mol. The van der Waals surface area contributed by atoms with Gasteiger partial charge in [-0.2, -0.15) is 0 Å². The Bertz CT molecular complexity index is 4180. The number of nitrogens with two attached hydrogens (primary N) is 1. The van der Waals surface area contributed by atoms with Crippen LogP contribution >= 0.6 is 11.6 Å². The molecular formula is C84H121ClN18O17. The minimum Gasteiger partial charge on any atom is -0.508 e. The molecule has 11 amide bonds. The van der Waals surface area contributed by atoms with Crippen LogP contribution in [0, 0.1) is 5.92 Å². The average Bonchev–Trinajstić information content (AvgIpc) is 1.74. The lowest BCUT2D eigenvalue weighted by atomic mass is 9.99. The molecule has 1 aromatic heterocycles. The van der Waals surface area contributed by atoms with Gasteiger partial charge in [-0.05, 0) is 162 Å². The van der Waals surface area contributed by atoms with Crippen LogP contribution in [-0.4, -0.2) is 232 Å². The van der Waals surface area contributed by atoms with Gasteiger partial charge in [0.05, 0.1) is 6.61 Å². The molecule has 1 aliphatic rings. The standard InChI is InChI=1S/C80H113ClN18O13.2C2H4O2/c1-9-84-79(85-10-2)88-38-17-15-24-60(70(104)94-62(41-49(5)6)71(105)93-61(25-16-18-39-89-80(86-11-3)87-12-4)78(112)99-40-20-26-68(99)77(111)90-50(7)69(82)103)92-73(107)64(44-53-30-35-59(102)36-31-53)97-76(110)67(48-100)98-75(109)66(46-55-21-19-37-83-47-55)96-74(108)65(43-52-28-33-58(81)34-29-52)95-72(106)63(91-51(8)101)45-54-27-32-56-22-13-14-23-57(56)42-54;2*1-2(3)4/h13-14,19,21-23,27-37,42,47,49-50,60-68,100,102H,9-12,15-18,20,24-26,38-41,43-46,48H2,1-8H3,(H2,82,103)(H,90,111)(H,91,101)(H,92,107)(H,93,105)(H,94,104)(H,95,106)(H,96,108)(H,97,110)(H,98,109)(H2,84,85,88)(H2,86,87,89);2*1H3,(H,3,4)/t50-,60-,61+,62+,63-,64+,65-,66-,67+,68+;;/m1../s1. The van der Waals surface area contributed by atoms with Gasteiger partial charge < -0.3 is 100 Å². The molecule has 2 heterocycles. The number of benzene rings is 4. The van der Waals surface area contributed by atoms with Gasteiger partial charge in [0, 0.05) is 110 Å². The zero-order valence-corrected chi connectivity index (χ0v) is 70.8. The SMILES string of the molecule is CC(=O)O.CC(=O)O.CCNC(=NCCCC[C@H](NC(=O)[C@H](CC(C)C)NC(=O)[C@@H](CCCCN=C(NCC)NCC)NC(=O)[C@H](Cc1ccc(O)cc1)NC(=O)[C@H](CO)NC(=O)[C@@H](Cc1cccnc1)NC(=O)[C@@H](Cc1ccc(Cl)cc1)NC(=O)[C@@H](Cc1ccc2ccccc2c1)NC(C)=O)C(=O)N1CCC[C@H]1C(=O)N[C@H](C)C(N)=O)NCC. The maximum atomic E-state index is 15.2. The zero-order valence-electron chi connectivity index (χ0n) is 70.0. The first-order valence-electron chi connectivity index (χ1n) is 40.4. The highest BCUT2D eigenvalue weighted by molar-refractivity contribution is 6.30. The number of aliphatic imine (C=N–C) groups is 2. The number of likely N-dealkylation sites (tertiary alicyclic amines) is 1. The van der Waals surface area contributed by atoms with Crippen molar-refractivity contribution in [2.45, 2.75) is 213 Å². The van der Waals surface area contributed by atoms with Crippen LogP contribution in [-0.2, 0) is 88.0 Å². The average molecular weight is 1690 g/mol. The monoisotopic (exact) mass is 1690 g/mol. The number of fused-ring (bicyclic) bond motifs is 1. The third-order valence-corrected chi connectivity index (χ3v) is 18.7. The summed E-state index contributed by atoms with van der Waals surface area (Å²) >= 11 is 6.26. The van der Waals surface area contributed by atoms with Gasteiger partial charge in [0.1, 0.15) is 66.2 Å². The first-order chi connectivity index (χ1) is 57.2. The number of aromatic nitrogens is 1. The van der Waals surface area contributed by atoms with E-state index in [2.05, 4.69) is 84.1 Å². The number of amides is 11. The van der Waals surface area contributed by atoms with Gasteiger partial charge in [0.2, 0.25) is 65.0 Å². The Morgan fingerprint density at radius 1 is 0.500 bits per heavy atom. The van der Waals surface area contributed by atoms with Crippen molar-refractivity contribution in [2.24, 2.45) is 21.6 Å². The number of aliphatic hydroxyl groups is 1. The Morgan fingerprint density at radius 3 is 1.39 bits per heavy atom. The number of unbranched alkanes of at least 4 members (excludes halogenated alkanes) is 2. The summed E-state index contributed by atoms with van der Waals surface area (Å²) in [4.78, 5) is 190. The molecule has 0 aliphatic carbocycles. The summed E-state index contributed by atoms with van der Waals surface area (Å²) in [7, 11) is 0. The number of carboxylic acid groups (broad SMARTS) is 2. The summed E-state index contributed by atoms with van der Waals surface area (Å²) < 4.78 is 0. The molecule has 19 N–H and O–H groups in total. The van der Waals surface area contributed by atoms with Gasteiger partial charge in [-0.3, -0.25) is 77.3 Å². The topological polar surface area (TPSA) is 526 Å². The fraction of sp³-hybridized carbons (Fsp3) is 0.500. The maximum absolute atomic E-state index is 15.2. The second-order valence-corrected chi connectivity index (χ2v) is 29.5. The lowest BCUT2D eigenvalue weighted by Gasteiger charge is -2.31. The van der Waals surface area contributed by atoms with Gasteiger partial charge in [0.25, 0.3) is 11.9 Å². The molecule has 0 unspecified atom stereocenters. The number of hydrogen-bond acceptors (Lipinski definition) is 18. The van der Waals surface area contributed by atoms with Crippen LogP contribution in [0.15, 0.2) is 126 Å². The van der Waals surface area contributed by atoms with E-state index in [9.17, 15) is 53.4 Å². The minimum atomic E-state index is -1.82. The van der Waals surface area contributed by atoms with Crippen molar-refractivity contribution in [2.75, 3.05) is 52.4 Å². The molecule has 35 nitrogen and oxygen atoms in total. The third kappa shape index (κ3) is 37.7. The van der Waals surface area contributed by atoms with Gasteiger partial charge in [-0.1, -0.05) is 98.2 Å². The molecule has 0 spiro atoms. The second-order valence-electron chi connectivity index (χ2n) is 29.1. The van der Waals surface area contributed by atoms with Gasteiger partial charge in [-0.15, -0.1) is 0 Å². The number of nitrogens with zero attached hydrogens (tertiary/aromatic N) is 4. The number of phenols is 1. The normalized spacial score (nSPS) is 14.2. The number of guanidine groups is 2. The number of carboxylic acids is 2. The van der Waals surface area contributed by atoms with Gasteiger partial charge in [0.15, 0.2) is 11.9 Å². The summed E-state index contributed by atoms with van der Waals surface area (Å²) in [5.74, 6) is -9.39. The molecule has 4 aromatic carbocycles. The number of aliphatic hydroxyl groups excluding tert-OH is 1. The number of halogens is 1. The molecule has 1 saturated heterocycles. The predicted molar refractivity (Wildman–Crippen MR) is 455 cm³/mol. The van der Waals surface area contributed by atoms with Crippen molar-refractivity contribution in [3.8, 4) is 5.75 Å². The molecule has 10 atom stereocenters. The molecule has 120 heavy (non-hydrogen) atoms. The van der Waals surface area contributed by atoms with Crippen molar-refractivity contribution in [1.82, 2.24) is 79.0 Å². The van der Waals surface area contributed by atoms with Crippen LogP contribution in [0.2, 0.25) is 5.02 Å². The van der Waals surface area contributed by atoms with Crippen LogP contribution in [0.4, 0.5) is 0 Å². The van der Waals surface area contributed by atoms with Crippen molar-refractivity contribution >= 4 is 111 Å². The van der Waals surface area contributed by atoms with Crippen LogP contribution in [0.5, 0.6) is 5.75 Å². The minimum absolute atomic E-state index is 0.0365. The quantitative estimate of drug-likeness (QED) is 0.0151. The van der Waals surface area contributed by atoms with E-state index in [1.807, 2.05) is 84.0 Å². The molecule has 1 fully saturated rings. The molecule has 1 aliphatic heterocycles. The highest BCUT2D eigenvalue weighted by atomic mass is 35.5. The zero-order chi connectivity index (χ0) is 88.8. The van der Waals surface area contributed by atoms with E-state index < -0.39 is 144 Å². The number of pyridine rings is 1. The van der Waals surface area contributed by atoms with Crippen LogP contribution in [0.1, 0.15) is 149 Å². The summed E-state index contributed by atoms with van der Waals surface area (Å²) in [6.45, 7) is 18.5. The van der Waals surface area contributed by atoms with Crippen LogP contribution in [0.3, 0.4) is 0 Å². The van der Waals surface area contributed by atoms with E-state index in [4.69, 9.17) is 37.1 Å². The number of rotatable bonds is 44. The molecule has 5 aromatic rings. The number of nitrogens with one attached hydrogen (secondary N) is 13. The van der Waals surface area contributed by atoms with E-state index in [0.717, 1.165) is 24.6 Å². The molecule has 0 bridgehead atoms. The number of primary amides is 1. The van der Waals surface area contributed by atoms with E-state index in [0.29, 0.717) is 104 Å². The second kappa shape index (κ2) is 54.1. The lowest BCUT2D eigenvalue weighted by molar-refractivity contribution is -0.142. The van der Waals surface area contributed by atoms with Crippen LogP contribution in [0.25, 0.3) is 10.8 Å². The number of phenolic OH excluding ortho intramolecular Hbond substituents is 1. The molecule has 656 valence electrons. The number of aromatic hydroxyl groups is 1. The number of aliphatic carboxylic acids is 2. The van der Waals surface area contributed by atoms with E-state index in [1.165, 1.54) is 55.4 Å². The Kier molecular flexibility index (Phi) is 45.3.